The quantitative estimate of drug-likeness (QED) is 0.643. The van der Waals surface area contributed by atoms with Crippen molar-refractivity contribution in [3.8, 4) is 28.4 Å². The fraction of sp³-hybridized carbons (Fsp3) is 0.222. The van der Waals surface area contributed by atoms with Gasteiger partial charge in [0.15, 0.2) is 0 Å². The van der Waals surface area contributed by atoms with Gasteiger partial charge in [0.05, 0.1) is 26.3 Å². The van der Waals surface area contributed by atoms with Crippen LogP contribution in [0.25, 0.3) is 22.0 Å². The Bertz CT molecular complexity index is 884. The van der Waals surface area contributed by atoms with Gasteiger partial charge < -0.3 is 14.2 Å². The molecule has 0 bridgehead atoms. The molecule has 0 aliphatic heterocycles. The van der Waals surface area contributed by atoms with E-state index < -0.39 is 0 Å². The Hall–Kier alpha value is -2.53. The summed E-state index contributed by atoms with van der Waals surface area (Å²) in [6.45, 7) is 2.52. The molecular formula is C18H17ClN2O3. The van der Waals surface area contributed by atoms with Gasteiger partial charge in [0.2, 0.25) is 5.28 Å². The molecule has 0 spiro atoms. The molecule has 3 rings (SSSR count). The zero-order valence-corrected chi connectivity index (χ0v) is 14.4. The van der Waals surface area contributed by atoms with Crippen molar-refractivity contribution < 1.29 is 14.2 Å². The van der Waals surface area contributed by atoms with E-state index in [9.17, 15) is 0 Å². The fourth-order valence-electron chi connectivity index (χ4n) is 2.53. The van der Waals surface area contributed by atoms with Gasteiger partial charge in [-0.05, 0) is 42.3 Å². The molecule has 0 N–H and O–H groups in total. The predicted molar refractivity (Wildman–Crippen MR) is 94.3 cm³/mol. The zero-order valence-electron chi connectivity index (χ0n) is 13.7. The Morgan fingerprint density at radius 1 is 1.00 bits per heavy atom. The first kappa shape index (κ1) is 16.3. The van der Waals surface area contributed by atoms with Crippen molar-refractivity contribution in [1.82, 2.24) is 9.97 Å². The van der Waals surface area contributed by atoms with Crippen LogP contribution < -0.4 is 14.2 Å². The molecule has 1 heterocycles. The van der Waals surface area contributed by atoms with E-state index in [0.29, 0.717) is 18.1 Å². The average Bonchev–Trinajstić information content (AvgIpc) is 2.60. The highest BCUT2D eigenvalue weighted by molar-refractivity contribution is 6.28. The zero-order chi connectivity index (χ0) is 17.1. The van der Waals surface area contributed by atoms with Crippen molar-refractivity contribution in [3.05, 3.63) is 41.8 Å². The largest absolute Gasteiger partial charge is 0.497 e. The van der Waals surface area contributed by atoms with E-state index in [2.05, 4.69) is 9.97 Å². The van der Waals surface area contributed by atoms with Crippen molar-refractivity contribution in [2.24, 2.45) is 0 Å². The molecule has 6 heteroatoms. The molecule has 5 nitrogen and oxygen atoms in total. The van der Waals surface area contributed by atoms with E-state index in [1.54, 1.807) is 20.4 Å². The van der Waals surface area contributed by atoms with Crippen LogP contribution in [0.1, 0.15) is 6.92 Å². The summed E-state index contributed by atoms with van der Waals surface area (Å²) in [4.78, 5) is 8.27. The first-order valence-corrected chi connectivity index (χ1v) is 7.85. The molecule has 124 valence electrons. The Balaban J connectivity index is 2.20. The smallest absolute Gasteiger partial charge is 0.222 e. The predicted octanol–water partition coefficient (Wildman–Crippen LogP) is 4.37. The van der Waals surface area contributed by atoms with Crippen molar-refractivity contribution >= 4 is 22.5 Å². The second-order valence-electron chi connectivity index (χ2n) is 5.08. The van der Waals surface area contributed by atoms with E-state index in [1.165, 1.54) is 0 Å². The number of hydrogen-bond donors (Lipinski definition) is 0. The van der Waals surface area contributed by atoms with Crippen molar-refractivity contribution in [3.63, 3.8) is 0 Å². The summed E-state index contributed by atoms with van der Waals surface area (Å²) < 4.78 is 16.5. The third kappa shape index (κ3) is 3.21. The Morgan fingerprint density at radius 3 is 2.50 bits per heavy atom. The van der Waals surface area contributed by atoms with Crippen molar-refractivity contribution in [2.45, 2.75) is 6.92 Å². The number of methoxy groups -OCH3 is 2. The lowest BCUT2D eigenvalue weighted by atomic mass is 10.0. The summed E-state index contributed by atoms with van der Waals surface area (Å²) >= 11 is 5.87. The number of hydrogen-bond acceptors (Lipinski definition) is 5. The number of aromatic nitrogens is 2. The van der Waals surface area contributed by atoms with Crippen LogP contribution in [-0.4, -0.2) is 30.8 Å². The van der Waals surface area contributed by atoms with Crippen LogP contribution in [0, 0.1) is 0 Å². The van der Waals surface area contributed by atoms with E-state index in [0.717, 1.165) is 27.8 Å². The molecule has 0 atom stereocenters. The van der Waals surface area contributed by atoms with Gasteiger partial charge in [0, 0.05) is 29.3 Å². The van der Waals surface area contributed by atoms with Crippen LogP contribution >= 0.6 is 11.6 Å². The van der Waals surface area contributed by atoms with Gasteiger partial charge in [-0.25, -0.2) is 9.97 Å². The maximum atomic E-state index is 5.87. The van der Waals surface area contributed by atoms with Crippen LogP contribution in [0.5, 0.6) is 17.2 Å². The number of halogens is 1. The van der Waals surface area contributed by atoms with Crippen LogP contribution in [0.3, 0.4) is 0 Å². The third-order valence-corrected chi connectivity index (χ3v) is 3.79. The van der Waals surface area contributed by atoms with Gasteiger partial charge in [-0.15, -0.1) is 0 Å². The van der Waals surface area contributed by atoms with Crippen LogP contribution in [-0.2, 0) is 0 Å². The molecule has 0 unspecified atom stereocenters. The lowest BCUT2D eigenvalue weighted by Crippen LogP contribution is -1.95. The molecule has 1 aromatic heterocycles. The summed E-state index contributed by atoms with van der Waals surface area (Å²) in [5, 5.41) is 1.08. The summed E-state index contributed by atoms with van der Waals surface area (Å²) in [7, 11) is 3.25. The molecule has 3 aromatic rings. The van der Waals surface area contributed by atoms with Gasteiger partial charge in [-0.1, -0.05) is 0 Å². The minimum Gasteiger partial charge on any atom is -0.497 e. The maximum absolute atomic E-state index is 5.87. The van der Waals surface area contributed by atoms with Gasteiger partial charge in [-0.2, -0.15) is 0 Å². The average molecular weight is 345 g/mol. The second-order valence-corrected chi connectivity index (χ2v) is 5.42. The first-order chi connectivity index (χ1) is 11.6. The number of rotatable bonds is 5. The van der Waals surface area contributed by atoms with Crippen LogP contribution in [0.4, 0.5) is 0 Å². The monoisotopic (exact) mass is 344 g/mol. The van der Waals surface area contributed by atoms with E-state index >= 15 is 0 Å². The number of ether oxygens (including phenoxy) is 3. The van der Waals surface area contributed by atoms with E-state index in [-0.39, 0.29) is 5.28 Å². The molecule has 0 saturated heterocycles. The molecule has 0 amide bonds. The van der Waals surface area contributed by atoms with E-state index in [4.69, 9.17) is 25.8 Å². The summed E-state index contributed by atoms with van der Waals surface area (Å²) in [5.41, 5.74) is 2.55. The lowest BCUT2D eigenvalue weighted by Gasteiger charge is -2.13. The van der Waals surface area contributed by atoms with E-state index in [1.807, 2.05) is 37.3 Å². The van der Waals surface area contributed by atoms with Crippen molar-refractivity contribution in [2.75, 3.05) is 20.8 Å². The summed E-state index contributed by atoms with van der Waals surface area (Å²) in [6, 6.07) is 9.55. The molecular weight excluding hydrogens is 328 g/mol. The Labute approximate surface area is 145 Å². The van der Waals surface area contributed by atoms with Gasteiger partial charge in [-0.3, -0.25) is 0 Å². The number of benzene rings is 2. The van der Waals surface area contributed by atoms with Gasteiger partial charge in [0.25, 0.3) is 0 Å². The van der Waals surface area contributed by atoms with Crippen LogP contribution in [0.15, 0.2) is 36.5 Å². The fourth-order valence-corrected chi connectivity index (χ4v) is 2.67. The highest BCUT2D eigenvalue weighted by Crippen LogP contribution is 2.37. The first-order valence-electron chi connectivity index (χ1n) is 7.47. The van der Waals surface area contributed by atoms with Gasteiger partial charge >= 0.3 is 0 Å². The second kappa shape index (κ2) is 6.93. The third-order valence-electron chi connectivity index (χ3n) is 3.61. The molecule has 24 heavy (non-hydrogen) atoms. The topological polar surface area (TPSA) is 53.5 Å². The molecule has 0 aliphatic carbocycles. The summed E-state index contributed by atoms with van der Waals surface area (Å²) in [5.74, 6) is 2.14. The summed E-state index contributed by atoms with van der Waals surface area (Å²) in [6.07, 6.45) is 1.69. The van der Waals surface area contributed by atoms with Crippen molar-refractivity contribution in [1.29, 1.82) is 0 Å². The molecule has 0 radical (unpaired) electrons. The molecule has 0 fully saturated rings. The normalized spacial score (nSPS) is 10.7. The highest BCUT2D eigenvalue weighted by atomic mass is 35.5. The number of fused-ring (bicyclic) bond motifs is 1. The maximum Gasteiger partial charge on any atom is 0.222 e. The minimum atomic E-state index is 0.206. The Morgan fingerprint density at radius 2 is 1.79 bits per heavy atom. The minimum absolute atomic E-state index is 0.206. The highest BCUT2D eigenvalue weighted by Gasteiger charge is 2.12. The SMILES string of the molecule is CCOc1cc(OC)cc(-c2cc3cnc(Cl)nc3cc2OC)c1. The Kier molecular flexibility index (Phi) is 4.71. The molecule has 0 aliphatic rings. The lowest BCUT2D eigenvalue weighted by molar-refractivity contribution is 0.336. The number of nitrogens with zero attached hydrogens (tertiary/aromatic N) is 2. The molecule has 0 saturated carbocycles. The standard InChI is InChI=1S/C18H17ClN2O3/c1-4-24-14-6-11(5-13(8-14)22-2)15-7-12-10-20-18(19)21-16(12)9-17(15)23-3/h5-10H,4H2,1-3H3. The molecule has 2 aromatic carbocycles. The van der Waals surface area contributed by atoms with Crippen LogP contribution in [0.2, 0.25) is 5.28 Å². The van der Waals surface area contributed by atoms with Gasteiger partial charge in [0.1, 0.15) is 17.2 Å².